The fraction of sp³-hybridized carbons (Fsp3) is 0.909. The van der Waals surface area contributed by atoms with Crippen molar-refractivity contribution in [2.45, 2.75) is 65.0 Å². The van der Waals surface area contributed by atoms with Gasteiger partial charge in [-0.05, 0) is 19.3 Å². The molecule has 0 heterocycles. The minimum atomic E-state index is -0.717. The summed E-state index contributed by atoms with van der Waals surface area (Å²) in [6.45, 7) is 6.25. The smallest absolute Gasteiger partial charge is 0.320 e. The van der Waals surface area contributed by atoms with Crippen LogP contribution in [0.4, 0.5) is 0 Å². The highest BCUT2D eigenvalue weighted by atomic mass is 16.4. The van der Waals surface area contributed by atoms with E-state index in [1.807, 2.05) is 0 Å². The number of unbranched alkanes of at least 4 members (excludes halogenated alkanes) is 1. The molecule has 14 heavy (non-hydrogen) atoms. The zero-order chi connectivity index (χ0) is 11.0. The number of hydrogen-bond acceptors (Lipinski definition) is 2. The molecule has 0 bridgehead atoms. The molecule has 0 radical (unpaired) electrons. The minimum absolute atomic E-state index is 0.341. The van der Waals surface area contributed by atoms with Gasteiger partial charge in [0.1, 0.15) is 6.04 Å². The van der Waals surface area contributed by atoms with E-state index in [9.17, 15) is 4.79 Å². The molecular formula is C11H23NO2. The molecule has 2 N–H and O–H groups in total. The van der Waals surface area contributed by atoms with Gasteiger partial charge in [0.2, 0.25) is 0 Å². The normalized spacial score (nSPS) is 13.1. The van der Waals surface area contributed by atoms with E-state index in [0.717, 1.165) is 32.1 Å². The molecule has 0 unspecified atom stereocenters. The Labute approximate surface area is 86.9 Å². The van der Waals surface area contributed by atoms with Gasteiger partial charge in [-0.15, -0.1) is 0 Å². The van der Waals surface area contributed by atoms with Crippen LogP contribution in [-0.2, 0) is 4.79 Å². The van der Waals surface area contributed by atoms with Crippen LogP contribution in [0.25, 0.3) is 0 Å². The van der Waals surface area contributed by atoms with Gasteiger partial charge in [0.25, 0.3) is 0 Å². The predicted octanol–water partition coefficient (Wildman–Crippen LogP) is 2.41. The highest BCUT2D eigenvalue weighted by molar-refractivity contribution is 5.73. The van der Waals surface area contributed by atoms with E-state index in [1.165, 1.54) is 0 Å². The van der Waals surface area contributed by atoms with Crippen LogP contribution < -0.4 is 5.32 Å². The number of carboxylic acids is 1. The molecule has 3 nitrogen and oxygen atoms in total. The van der Waals surface area contributed by atoms with E-state index in [0.29, 0.717) is 6.04 Å². The Morgan fingerprint density at radius 1 is 1.29 bits per heavy atom. The number of carboxylic acid groups (broad SMARTS) is 1. The first-order valence-electron chi connectivity index (χ1n) is 5.64. The van der Waals surface area contributed by atoms with Gasteiger partial charge < -0.3 is 10.4 Å². The van der Waals surface area contributed by atoms with Crippen molar-refractivity contribution < 1.29 is 9.90 Å². The maximum Gasteiger partial charge on any atom is 0.320 e. The summed E-state index contributed by atoms with van der Waals surface area (Å²) in [6, 6.07) is -0.0205. The topological polar surface area (TPSA) is 49.3 Å². The first kappa shape index (κ1) is 13.4. The summed E-state index contributed by atoms with van der Waals surface area (Å²) < 4.78 is 0. The number of hydrogen-bond donors (Lipinski definition) is 2. The third-order valence-corrected chi connectivity index (χ3v) is 2.57. The fourth-order valence-electron chi connectivity index (χ4n) is 1.50. The van der Waals surface area contributed by atoms with E-state index >= 15 is 0 Å². The second kappa shape index (κ2) is 7.80. The van der Waals surface area contributed by atoms with Crippen molar-refractivity contribution in [1.29, 1.82) is 0 Å². The molecule has 0 aromatic carbocycles. The van der Waals surface area contributed by atoms with Gasteiger partial charge in [-0.25, -0.2) is 0 Å². The Kier molecular flexibility index (Phi) is 7.48. The van der Waals surface area contributed by atoms with Crippen molar-refractivity contribution in [3.05, 3.63) is 0 Å². The van der Waals surface area contributed by atoms with Gasteiger partial charge in [-0.3, -0.25) is 4.79 Å². The van der Waals surface area contributed by atoms with Crippen LogP contribution in [0.1, 0.15) is 52.9 Å². The van der Waals surface area contributed by atoms with Crippen molar-refractivity contribution in [3.8, 4) is 0 Å². The average Bonchev–Trinajstić information content (AvgIpc) is 2.18. The molecule has 84 valence electrons. The molecule has 0 saturated heterocycles. The van der Waals surface area contributed by atoms with Crippen LogP contribution in [0, 0.1) is 0 Å². The number of nitrogens with one attached hydrogen (secondary N) is 1. The number of rotatable bonds is 8. The summed E-state index contributed by atoms with van der Waals surface area (Å²) in [7, 11) is 0. The highest BCUT2D eigenvalue weighted by Gasteiger charge is 2.18. The zero-order valence-electron chi connectivity index (χ0n) is 9.55. The van der Waals surface area contributed by atoms with Crippen molar-refractivity contribution >= 4 is 5.97 Å². The molecule has 0 saturated carbocycles. The second-order valence-corrected chi connectivity index (χ2v) is 3.71. The quantitative estimate of drug-likeness (QED) is 0.634. The maximum absolute atomic E-state index is 10.9. The first-order chi connectivity index (χ1) is 6.65. The summed E-state index contributed by atoms with van der Waals surface area (Å²) in [5, 5.41) is 12.2. The Hall–Kier alpha value is -0.570. The largest absolute Gasteiger partial charge is 0.480 e. The van der Waals surface area contributed by atoms with Gasteiger partial charge in [-0.2, -0.15) is 0 Å². The zero-order valence-corrected chi connectivity index (χ0v) is 9.55. The number of aliphatic carboxylic acids is 1. The summed E-state index contributed by atoms with van der Waals surface area (Å²) in [5.41, 5.74) is 0. The van der Waals surface area contributed by atoms with Gasteiger partial charge in [-0.1, -0.05) is 33.6 Å². The molecule has 0 spiro atoms. The van der Waals surface area contributed by atoms with Crippen molar-refractivity contribution in [1.82, 2.24) is 5.32 Å². The van der Waals surface area contributed by atoms with Gasteiger partial charge in [0.15, 0.2) is 0 Å². The standard InChI is InChI=1S/C11H23NO2/c1-4-7-8-10(11(13)14)12-9(5-2)6-3/h9-10,12H,4-8H2,1-3H3,(H,13,14)/t10-/m0/s1. The van der Waals surface area contributed by atoms with Gasteiger partial charge in [0.05, 0.1) is 0 Å². The highest BCUT2D eigenvalue weighted by Crippen LogP contribution is 2.05. The second-order valence-electron chi connectivity index (χ2n) is 3.71. The molecule has 0 amide bonds. The molecule has 0 fully saturated rings. The van der Waals surface area contributed by atoms with Crippen LogP contribution in [-0.4, -0.2) is 23.2 Å². The Morgan fingerprint density at radius 3 is 2.21 bits per heavy atom. The van der Waals surface area contributed by atoms with Crippen molar-refractivity contribution in [2.75, 3.05) is 0 Å². The molecule has 1 atom stereocenters. The first-order valence-corrected chi connectivity index (χ1v) is 5.64. The van der Waals surface area contributed by atoms with Crippen LogP contribution in [0.2, 0.25) is 0 Å². The van der Waals surface area contributed by atoms with E-state index in [-0.39, 0.29) is 6.04 Å². The van der Waals surface area contributed by atoms with E-state index in [4.69, 9.17) is 5.11 Å². The molecule has 0 rings (SSSR count). The van der Waals surface area contributed by atoms with Crippen LogP contribution in [0.5, 0.6) is 0 Å². The lowest BCUT2D eigenvalue weighted by molar-refractivity contribution is -0.139. The Bertz CT molecular complexity index is 155. The lowest BCUT2D eigenvalue weighted by Gasteiger charge is -2.20. The van der Waals surface area contributed by atoms with Crippen LogP contribution in [0.15, 0.2) is 0 Å². The molecule has 0 aliphatic carbocycles. The monoisotopic (exact) mass is 201 g/mol. The molecular weight excluding hydrogens is 178 g/mol. The van der Waals surface area contributed by atoms with Gasteiger partial charge in [0, 0.05) is 6.04 Å². The molecule has 0 aromatic heterocycles. The summed E-state index contributed by atoms with van der Waals surface area (Å²) in [4.78, 5) is 10.9. The number of carbonyl (C=O) groups is 1. The van der Waals surface area contributed by atoms with Crippen molar-refractivity contribution in [2.24, 2.45) is 0 Å². The third-order valence-electron chi connectivity index (χ3n) is 2.57. The molecule has 3 heteroatoms. The van der Waals surface area contributed by atoms with E-state index in [2.05, 4.69) is 26.1 Å². The Balaban J connectivity index is 4.00. The molecule has 0 aromatic rings. The van der Waals surface area contributed by atoms with Gasteiger partial charge >= 0.3 is 5.97 Å². The predicted molar refractivity (Wildman–Crippen MR) is 58.5 cm³/mol. The SMILES string of the molecule is CCCC[C@H](NC(CC)CC)C(=O)O. The summed E-state index contributed by atoms with van der Waals surface area (Å²) in [6.07, 6.45) is 4.75. The third kappa shape index (κ3) is 5.22. The average molecular weight is 201 g/mol. The lowest BCUT2D eigenvalue weighted by atomic mass is 10.1. The van der Waals surface area contributed by atoms with Crippen LogP contribution in [0.3, 0.4) is 0 Å². The maximum atomic E-state index is 10.9. The summed E-state index contributed by atoms with van der Waals surface area (Å²) in [5.74, 6) is -0.717. The summed E-state index contributed by atoms with van der Waals surface area (Å²) >= 11 is 0. The van der Waals surface area contributed by atoms with E-state index < -0.39 is 5.97 Å². The minimum Gasteiger partial charge on any atom is -0.480 e. The lowest BCUT2D eigenvalue weighted by Crippen LogP contribution is -2.42. The molecule has 0 aliphatic heterocycles. The Morgan fingerprint density at radius 2 is 1.86 bits per heavy atom. The fourth-order valence-corrected chi connectivity index (χ4v) is 1.50. The van der Waals surface area contributed by atoms with E-state index in [1.54, 1.807) is 0 Å². The molecule has 0 aliphatic rings. The van der Waals surface area contributed by atoms with Crippen LogP contribution >= 0.6 is 0 Å². The van der Waals surface area contributed by atoms with Crippen molar-refractivity contribution in [3.63, 3.8) is 0 Å².